The molecule has 29 heavy (non-hydrogen) atoms. The number of carbonyl (C=O) groups is 1. The maximum absolute atomic E-state index is 11.1. The molecule has 0 aliphatic heterocycles. The number of aliphatic carboxylic acids is 1. The number of carboxylic acid groups (broad SMARTS) is 1. The van der Waals surface area contributed by atoms with E-state index in [1.54, 1.807) is 13.8 Å². The first kappa shape index (κ1) is 22.4. The highest BCUT2D eigenvalue weighted by Crippen LogP contribution is 2.27. The van der Waals surface area contributed by atoms with Crippen molar-refractivity contribution in [2.24, 2.45) is 5.41 Å². The summed E-state index contributed by atoms with van der Waals surface area (Å²) in [6.45, 7) is 4.44. The van der Waals surface area contributed by atoms with Crippen LogP contribution in [-0.4, -0.2) is 44.4 Å². The van der Waals surface area contributed by atoms with Crippen molar-refractivity contribution in [1.29, 1.82) is 0 Å². The average molecular weight is 400 g/mol. The summed E-state index contributed by atoms with van der Waals surface area (Å²) in [7, 11) is 0. The van der Waals surface area contributed by atoms with E-state index in [1.807, 2.05) is 53.1 Å². The number of hydrogen-bond donors (Lipinski definition) is 2. The van der Waals surface area contributed by atoms with E-state index in [9.17, 15) is 9.90 Å². The van der Waals surface area contributed by atoms with Crippen molar-refractivity contribution in [2.45, 2.75) is 33.2 Å². The Morgan fingerprint density at radius 1 is 1.14 bits per heavy atom. The molecule has 156 valence electrons. The van der Waals surface area contributed by atoms with Crippen LogP contribution in [0.2, 0.25) is 0 Å². The summed E-state index contributed by atoms with van der Waals surface area (Å²) in [4.78, 5) is 15.8. The maximum Gasteiger partial charge on any atom is 0.309 e. The van der Waals surface area contributed by atoms with Crippen molar-refractivity contribution in [3.05, 3.63) is 48.5 Å². The lowest BCUT2D eigenvalue weighted by atomic mass is 9.88. The summed E-state index contributed by atoms with van der Waals surface area (Å²) in [5.74, 6) is 0.759. The molecule has 3 rings (SSSR count). The third-order valence-electron chi connectivity index (χ3n) is 4.88. The molecule has 0 saturated carbocycles. The van der Waals surface area contributed by atoms with Gasteiger partial charge in [-0.15, -0.1) is 0 Å². The molecule has 0 radical (unpaired) electrons. The predicted molar refractivity (Wildman–Crippen MR) is 112 cm³/mol. The highest BCUT2D eigenvalue weighted by atomic mass is 16.5. The van der Waals surface area contributed by atoms with E-state index in [4.69, 9.17) is 14.8 Å². The van der Waals surface area contributed by atoms with Gasteiger partial charge in [0.1, 0.15) is 11.6 Å². The highest BCUT2D eigenvalue weighted by molar-refractivity contribution is 5.80. The lowest BCUT2D eigenvalue weighted by molar-refractivity contribution is -0.147. The van der Waals surface area contributed by atoms with Crippen LogP contribution in [0.5, 0.6) is 5.75 Å². The van der Waals surface area contributed by atoms with Crippen LogP contribution < -0.4 is 4.74 Å². The Hall–Kier alpha value is -2.90. The van der Waals surface area contributed by atoms with Crippen molar-refractivity contribution in [3.8, 4) is 17.1 Å². The average Bonchev–Trinajstić information content (AvgIpc) is 3.05. The van der Waals surface area contributed by atoms with Crippen LogP contribution in [0, 0.1) is 5.41 Å². The van der Waals surface area contributed by atoms with Gasteiger partial charge in [0.05, 0.1) is 29.7 Å². The number of aliphatic hydroxyl groups is 1. The normalized spacial score (nSPS) is 11.3. The molecule has 2 aromatic carbocycles. The fourth-order valence-electron chi connectivity index (χ4n) is 3.13. The minimum absolute atomic E-state index is 0. The third kappa shape index (κ3) is 5.13. The molecule has 0 unspecified atom stereocenters. The van der Waals surface area contributed by atoms with Gasteiger partial charge in [-0.25, -0.2) is 4.98 Å². The first-order chi connectivity index (χ1) is 13.4. The zero-order valence-electron chi connectivity index (χ0n) is 16.8. The second-order valence-corrected chi connectivity index (χ2v) is 7.46. The molecule has 0 spiro atoms. The lowest BCUT2D eigenvalue weighted by Crippen LogP contribution is -2.24. The van der Waals surface area contributed by atoms with Gasteiger partial charge in [0.25, 0.3) is 0 Å². The first-order valence-corrected chi connectivity index (χ1v) is 9.45. The number of imidazole rings is 1. The van der Waals surface area contributed by atoms with E-state index in [0.717, 1.165) is 28.2 Å². The smallest absolute Gasteiger partial charge is 0.309 e. The molecule has 1 heterocycles. The van der Waals surface area contributed by atoms with E-state index in [1.165, 1.54) is 0 Å². The Kier molecular flexibility index (Phi) is 7.36. The number of aromatic nitrogens is 2. The SMILES string of the molecule is CC(C)(CCCOc1ccc(-c2nc3ccccc3n2CCO)cc1)C(=O)O.O. The summed E-state index contributed by atoms with van der Waals surface area (Å²) in [6.07, 6.45) is 1.24. The Morgan fingerprint density at radius 3 is 2.48 bits per heavy atom. The van der Waals surface area contributed by atoms with Crippen LogP contribution in [0.4, 0.5) is 0 Å². The number of benzene rings is 2. The van der Waals surface area contributed by atoms with Gasteiger partial charge in [0.2, 0.25) is 0 Å². The standard InChI is InChI=1S/C22H26N2O4.H2O/c1-22(2,21(26)27)12-5-15-28-17-10-8-16(9-11-17)20-23-18-6-3-4-7-19(18)24(20)13-14-25;/h3-4,6-11,25H,5,12-15H2,1-2H3,(H,26,27);1H2. The van der Waals surface area contributed by atoms with Gasteiger partial charge in [0.15, 0.2) is 0 Å². The summed E-state index contributed by atoms with van der Waals surface area (Å²) in [5, 5.41) is 18.6. The minimum atomic E-state index is -0.789. The zero-order valence-corrected chi connectivity index (χ0v) is 16.8. The Balaban J connectivity index is 0.00000300. The molecule has 0 bridgehead atoms. The van der Waals surface area contributed by atoms with Gasteiger partial charge in [0, 0.05) is 12.1 Å². The molecule has 1 aromatic heterocycles. The van der Waals surface area contributed by atoms with Gasteiger partial charge in [-0.2, -0.15) is 0 Å². The van der Waals surface area contributed by atoms with Gasteiger partial charge in [-0.1, -0.05) is 12.1 Å². The Bertz CT molecular complexity index is 947. The Labute approximate surface area is 169 Å². The molecule has 0 fully saturated rings. The summed E-state index contributed by atoms with van der Waals surface area (Å²) in [5.41, 5.74) is 2.10. The van der Waals surface area contributed by atoms with Crippen LogP contribution in [0.15, 0.2) is 48.5 Å². The van der Waals surface area contributed by atoms with Gasteiger partial charge in [-0.05, 0) is 63.1 Å². The van der Waals surface area contributed by atoms with Crippen LogP contribution in [0.3, 0.4) is 0 Å². The molecule has 3 aromatic rings. The number of para-hydroxylation sites is 2. The van der Waals surface area contributed by atoms with Crippen molar-refractivity contribution in [1.82, 2.24) is 9.55 Å². The third-order valence-corrected chi connectivity index (χ3v) is 4.88. The topological polar surface area (TPSA) is 116 Å². The maximum atomic E-state index is 11.1. The van der Waals surface area contributed by atoms with Crippen LogP contribution in [0.1, 0.15) is 26.7 Å². The fraction of sp³-hybridized carbons (Fsp3) is 0.364. The van der Waals surface area contributed by atoms with E-state index in [-0.39, 0.29) is 12.1 Å². The second-order valence-electron chi connectivity index (χ2n) is 7.46. The highest BCUT2D eigenvalue weighted by Gasteiger charge is 2.26. The summed E-state index contributed by atoms with van der Waals surface area (Å²) < 4.78 is 7.76. The van der Waals surface area contributed by atoms with Gasteiger partial charge >= 0.3 is 5.97 Å². The fourth-order valence-corrected chi connectivity index (χ4v) is 3.13. The van der Waals surface area contributed by atoms with Crippen LogP contribution in [0.25, 0.3) is 22.4 Å². The van der Waals surface area contributed by atoms with Crippen molar-refractivity contribution in [3.63, 3.8) is 0 Å². The van der Waals surface area contributed by atoms with E-state index in [0.29, 0.717) is 26.0 Å². The lowest BCUT2D eigenvalue weighted by Gasteiger charge is -2.18. The van der Waals surface area contributed by atoms with Crippen LogP contribution in [-0.2, 0) is 11.3 Å². The molecule has 0 aliphatic carbocycles. The van der Waals surface area contributed by atoms with E-state index < -0.39 is 11.4 Å². The van der Waals surface area contributed by atoms with Gasteiger partial charge in [-0.3, -0.25) is 4.79 Å². The summed E-state index contributed by atoms with van der Waals surface area (Å²) in [6, 6.07) is 15.5. The number of rotatable bonds is 9. The molecular weight excluding hydrogens is 372 g/mol. The predicted octanol–water partition coefficient (Wildman–Crippen LogP) is 3.14. The quantitative estimate of drug-likeness (QED) is 0.535. The number of ether oxygens (including phenoxy) is 1. The molecular formula is C22H28N2O5. The number of hydrogen-bond acceptors (Lipinski definition) is 4. The molecule has 0 atom stereocenters. The first-order valence-electron chi connectivity index (χ1n) is 9.45. The number of carboxylic acids is 1. The number of aliphatic hydroxyl groups excluding tert-OH is 1. The zero-order chi connectivity index (χ0) is 20.1. The minimum Gasteiger partial charge on any atom is -0.494 e. The van der Waals surface area contributed by atoms with Gasteiger partial charge < -0.3 is 25.0 Å². The largest absolute Gasteiger partial charge is 0.494 e. The Morgan fingerprint density at radius 2 is 1.83 bits per heavy atom. The summed E-state index contributed by atoms with van der Waals surface area (Å²) >= 11 is 0. The van der Waals surface area contributed by atoms with Crippen LogP contribution >= 0.6 is 0 Å². The van der Waals surface area contributed by atoms with E-state index >= 15 is 0 Å². The molecule has 0 amide bonds. The number of fused-ring (bicyclic) bond motifs is 1. The van der Waals surface area contributed by atoms with Crippen molar-refractivity contribution in [2.75, 3.05) is 13.2 Å². The molecule has 7 nitrogen and oxygen atoms in total. The molecule has 0 saturated heterocycles. The molecule has 7 heteroatoms. The monoisotopic (exact) mass is 400 g/mol. The molecule has 4 N–H and O–H groups in total. The second kappa shape index (κ2) is 9.54. The van der Waals surface area contributed by atoms with E-state index in [2.05, 4.69) is 0 Å². The van der Waals surface area contributed by atoms with Crippen molar-refractivity contribution >= 4 is 17.0 Å². The van der Waals surface area contributed by atoms with Crippen molar-refractivity contribution < 1.29 is 25.2 Å². The number of nitrogens with zero attached hydrogens (tertiary/aromatic N) is 2. The molecule has 0 aliphatic rings.